The quantitative estimate of drug-likeness (QED) is 0.0963. The second kappa shape index (κ2) is 22.1. The number of aliphatic carboxylic acids is 3. The highest BCUT2D eigenvalue weighted by Gasteiger charge is 2.21. The molecule has 33 heavy (non-hydrogen) atoms. The molecular formula is C23H46N4O6. The Morgan fingerprint density at radius 2 is 1.18 bits per heavy atom. The standard InChI is InChI=1S/C23H46N4O6/c24-13-18-26-15-7-4-2-1-3-6-14-25-16-8-5-9-19(22(30)31)12-17-27-20(23(32)33)10-11-21(28)29/h19-20,25-27H,1-18,24H2,(H,28,29)(H,30,31)(H,32,33). The summed E-state index contributed by atoms with van der Waals surface area (Å²) in [6.45, 7) is 4.72. The molecule has 2 atom stereocenters. The number of unbranched alkanes of at least 4 members (excludes halogenated alkanes) is 6. The molecular weight excluding hydrogens is 428 g/mol. The van der Waals surface area contributed by atoms with E-state index in [2.05, 4.69) is 16.0 Å². The third-order valence-electron chi connectivity index (χ3n) is 5.61. The van der Waals surface area contributed by atoms with E-state index < -0.39 is 29.9 Å². The van der Waals surface area contributed by atoms with Crippen molar-refractivity contribution in [3.63, 3.8) is 0 Å². The molecule has 0 aromatic rings. The highest BCUT2D eigenvalue weighted by Crippen LogP contribution is 2.13. The minimum Gasteiger partial charge on any atom is -0.481 e. The van der Waals surface area contributed by atoms with Crippen molar-refractivity contribution in [2.24, 2.45) is 11.7 Å². The first-order chi connectivity index (χ1) is 15.9. The minimum atomic E-state index is -1.12. The third kappa shape index (κ3) is 20.6. The summed E-state index contributed by atoms with van der Waals surface area (Å²) in [6, 6.07) is -0.974. The topological polar surface area (TPSA) is 174 Å². The van der Waals surface area contributed by atoms with E-state index in [0.717, 1.165) is 45.4 Å². The molecule has 0 saturated carbocycles. The van der Waals surface area contributed by atoms with Gasteiger partial charge >= 0.3 is 17.9 Å². The summed E-state index contributed by atoms with van der Waals surface area (Å²) >= 11 is 0. The summed E-state index contributed by atoms with van der Waals surface area (Å²) in [6.07, 6.45) is 9.66. The molecule has 0 rings (SSSR count). The van der Waals surface area contributed by atoms with Crippen molar-refractivity contribution in [1.29, 1.82) is 0 Å². The Labute approximate surface area is 198 Å². The van der Waals surface area contributed by atoms with Gasteiger partial charge in [0.1, 0.15) is 6.04 Å². The fourth-order valence-electron chi connectivity index (χ4n) is 3.60. The van der Waals surface area contributed by atoms with E-state index in [1.54, 1.807) is 0 Å². The van der Waals surface area contributed by atoms with Crippen LogP contribution < -0.4 is 21.7 Å². The molecule has 194 valence electrons. The predicted octanol–water partition coefficient (Wildman–Crippen LogP) is 1.63. The fourth-order valence-corrected chi connectivity index (χ4v) is 3.60. The van der Waals surface area contributed by atoms with Crippen LogP contribution in [0.3, 0.4) is 0 Å². The average molecular weight is 475 g/mol. The van der Waals surface area contributed by atoms with Gasteiger partial charge < -0.3 is 37.0 Å². The van der Waals surface area contributed by atoms with Gasteiger partial charge in [0.2, 0.25) is 0 Å². The van der Waals surface area contributed by atoms with Crippen LogP contribution in [0.2, 0.25) is 0 Å². The lowest BCUT2D eigenvalue weighted by atomic mass is 9.98. The Balaban J connectivity index is 3.70. The van der Waals surface area contributed by atoms with E-state index in [0.29, 0.717) is 19.4 Å². The van der Waals surface area contributed by atoms with E-state index in [4.69, 9.17) is 15.9 Å². The summed E-state index contributed by atoms with van der Waals surface area (Å²) < 4.78 is 0. The molecule has 10 nitrogen and oxygen atoms in total. The average Bonchev–Trinajstić information content (AvgIpc) is 2.76. The Bertz CT molecular complexity index is 521. The molecule has 0 aliphatic rings. The number of nitrogens with one attached hydrogen (secondary N) is 3. The molecule has 0 saturated heterocycles. The summed E-state index contributed by atoms with van der Waals surface area (Å²) in [4.78, 5) is 33.2. The van der Waals surface area contributed by atoms with Gasteiger partial charge in [0.05, 0.1) is 5.92 Å². The third-order valence-corrected chi connectivity index (χ3v) is 5.61. The SMILES string of the molecule is NCCNCCCCCCCCNCCCCC(CCNC(CCC(=O)O)C(=O)O)C(=O)O. The highest BCUT2D eigenvalue weighted by molar-refractivity contribution is 5.75. The second-order valence-corrected chi connectivity index (χ2v) is 8.51. The predicted molar refractivity (Wildman–Crippen MR) is 128 cm³/mol. The van der Waals surface area contributed by atoms with Crippen molar-refractivity contribution in [3.8, 4) is 0 Å². The molecule has 0 aliphatic carbocycles. The largest absolute Gasteiger partial charge is 0.481 e. The molecule has 0 amide bonds. The number of carboxylic acids is 3. The summed E-state index contributed by atoms with van der Waals surface area (Å²) in [7, 11) is 0. The second-order valence-electron chi connectivity index (χ2n) is 8.51. The van der Waals surface area contributed by atoms with E-state index in [-0.39, 0.29) is 19.4 Å². The van der Waals surface area contributed by atoms with Crippen LogP contribution >= 0.6 is 0 Å². The van der Waals surface area contributed by atoms with Crippen LogP contribution in [0.5, 0.6) is 0 Å². The Morgan fingerprint density at radius 1 is 0.636 bits per heavy atom. The number of carbonyl (C=O) groups is 3. The van der Waals surface area contributed by atoms with Gasteiger partial charge in [0, 0.05) is 19.5 Å². The van der Waals surface area contributed by atoms with Crippen molar-refractivity contribution >= 4 is 17.9 Å². The maximum absolute atomic E-state index is 11.5. The summed E-state index contributed by atoms with van der Waals surface area (Å²) in [5.41, 5.74) is 5.43. The Morgan fingerprint density at radius 3 is 1.70 bits per heavy atom. The Hall–Kier alpha value is -1.75. The van der Waals surface area contributed by atoms with Crippen LogP contribution in [0, 0.1) is 5.92 Å². The number of nitrogens with two attached hydrogens (primary N) is 1. The van der Waals surface area contributed by atoms with Gasteiger partial charge in [-0.05, 0) is 64.7 Å². The molecule has 0 bridgehead atoms. The highest BCUT2D eigenvalue weighted by atomic mass is 16.4. The molecule has 0 fully saturated rings. The Kier molecular flexibility index (Phi) is 20.9. The molecule has 2 unspecified atom stereocenters. The van der Waals surface area contributed by atoms with Crippen LogP contribution in [0.1, 0.15) is 77.0 Å². The van der Waals surface area contributed by atoms with Crippen molar-refractivity contribution in [3.05, 3.63) is 0 Å². The molecule has 0 heterocycles. The first kappa shape index (κ1) is 31.2. The normalized spacial score (nSPS) is 13.0. The molecule has 0 radical (unpaired) electrons. The lowest BCUT2D eigenvalue weighted by molar-refractivity contribution is -0.142. The van der Waals surface area contributed by atoms with Gasteiger partial charge in [-0.3, -0.25) is 14.4 Å². The first-order valence-corrected chi connectivity index (χ1v) is 12.4. The number of rotatable bonds is 25. The maximum atomic E-state index is 11.5. The van der Waals surface area contributed by atoms with Gasteiger partial charge in [-0.25, -0.2) is 0 Å². The summed E-state index contributed by atoms with van der Waals surface area (Å²) in [5, 5.41) is 36.7. The van der Waals surface area contributed by atoms with Gasteiger partial charge in [-0.1, -0.05) is 32.1 Å². The zero-order valence-corrected chi connectivity index (χ0v) is 20.0. The van der Waals surface area contributed by atoms with Crippen LogP contribution in [-0.2, 0) is 14.4 Å². The zero-order valence-electron chi connectivity index (χ0n) is 20.0. The number of hydrogen-bond acceptors (Lipinski definition) is 7. The number of hydrogen-bond donors (Lipinski definition) is 7. The van der Waals surface area contributed by atoms with Gasteiger partial charge in [-0.15, -0.1) is 0 Å². The minimum absolute atomic E-state index is 0.0270. The van der Waals surface area contributed by atoms with E-state index in [1.165, 1.54) is 32.1 Å². The summed E-state index contributed by atoms with van der Waals surface area (Å²) in [5.74, 6) is -3.58. The van der Waals surface area contributed by atoms with Crippen molar-refractivity contribution in [2.75, 3.05) is 39.3 Å². The van der Waals surface area contributed by atoms with Crippen molar-refractivity contribution in [1.82, 2.24) is 16.0 Å². The lowest BCUT2D eigenvalue weighted by Gasteiger charge is -2.16. The zero-order chi connectivity index (χ0) is 24.7. The molecule has 10 heteroatoms. The molecule has 0 spiro atoms. The fraction of sp³-hybridized carbons (Fsp3) is 0.870. The van der Waals surface area contributed by atoms with E-state index in [1.807, 2.05) is 0 Å². The monoisotopic (exact) mass is 474 g/mol. The molecule has 0 aliphatic heterocycles. The van der Waals surface area contributed by atoms with E-state index in [9.17, 15) is 19.5 Å². The van der Waals surface area contributed by atoms with Crippen molar-refractivity contribution < 1.29 is 29.7 Å². The molecule has 0 aromatic carbocycles. The van der Waals surface area contributed by atoms with Crippen LogP contribution in [0.15, 0.2) is 0 Å². The lowest BCUT2D eigenvalue weighted by Crippen LogP contribution is -2.38. The van der Waals surface area contributed by atoms with Crippen LogP contribution in [0.4, 0.5) is 0 Å². The maximum Gasteiger partial charge on any atom is 0.320 e. The van der Waals surface area contributed by atoms with E-state index >= 15 is 0 Å². The van der Waals surface area contributed by atoms with Gasteiger partial charge in [-0.2, -0.15) is 0 Å². The van der Waals surface area contributed by atoms with Crippen LogP contribution in [-0.4, -0.2) is 78.5 Å². The number of carboxylic acid groups (broad SMARTS) is 3. The molecule has 0 aromatic heterocycles. The van der Waals surface area contributed by atoms with Crippen LogP contribution in [0.25, 0.3) is 0 Å². The van der Waals surface area contributed by atoms with Gasteiger partial charge in [0.25, 0.3) is 0 Å². The molecule has 8 N–H and O–H groups in total. The smallest absolute Gasteiger partial charge is 0.320 e. The first-order valence-electron chi connectivity index (χ1n) is 12.4. The van der Waals surface area contributed by atoms with Gasteiger partial charge in [0.15, 0.2) is 0 Å². The van der Waals surface area contributed by atoms with Crippen molar-refractivity contribution in [2.45, 2.75) is 83.1 Å².